The Morgan fingerprint density at radius 3 is 2.10 bits per heavy atom. The molecule has 7 rings (SSSR count). The second-order valence-corrected chi connectivity index (χ2v) is 14.5. The van der Waals surface area contributed by atoms with Crippen LogP contribution in [0.1, 0.15) is 92.9 Å². The van der Waals surface area contributed by atoms with Gasteiger partial charge in [-0.25, -0.2) is 4.98 Å². The summed E-state index contributed by atoms with van der Waals surface area (Å²) in [7, 11) is 1.67. The predicted molar refractivity (Wildman–Crippen MR) is 208 cm³/mol. The number of aromatic nitrogens is 4. The molecule has 7 aromatic rings. The minimum atomic E-state index is 0. The molecule has 0 saturated heterocycles. The summed E-state index contributed by atoms with van der Waals surface area (Å²) in [4.78, 5) is 4.69. The molecule has 0 aliphatic carbocycles. The monoisotopic (exact) mass is 780 g/mol. The van der Waals surface area contributed by atoms with E-state index in [4.69, 9.17) is 14.6 Å². The summed E-state index contributed by atoms with van der Waals surface area (Å²) < 4.78 is 16.2. The fourth-order valence-corrected chi connectivity index (χ4v) is 7.25. The summed E-state index contributed by atoms with van der Waals surface area (Å²) in [5.74, 6) is 3.87. The largest absolute Gasteiger partial charge is 2.00 e. The Morgan fingerprint density at radius 1 is 0.712 bits per heavy atom. The van der Waals surface area contributed by atoms with Crippen molar-refractivity contribution < 1.29 is 29.9 Å². The number of ether oxygens (including phenoxy) is 2. The molecule has 52 heavy (non-hydrogen) atoms. The van der Waals surface area contributed by atoms with Crippen molar-refractivity contribution in [2.24, 2.45) is 0 Å². The second kappa shape index (κ2) is 14.7. The van der Waals surface area contributed by atoms with E-state index in [0.29, 0.717) is 29.3 Å². The van der Waals surface area contributed by atoms with Gasteiger partial charge in [0, 0.05) is 40.5 Å². The van der Waals surface area contributed by atoms with E-state index in [1.165, 1.54) is 27.8 Å². The summed E-state index contributed by atoms with van der Waals surface area (Å²) in [6.45, 7) is 20.1. The normalized spacial score (nSPS) is 11.6. The van der Waals surface area contributed by atoms with Gasteiger partial charge in [0.2, 0.25) is 0 Å². The number of fused-ring (bicyclic) bond motifs is 3. The van der Waals surface area contributed by atoms with Crippen molar-refractivity contribution in [3.63, 3.8) is 0 Å². The van der Waals surface area contributed by atoms with Crippen molar-refractivity contribution in [2.45, 2.75) is 80.1 Å². The number of hydrogen-bond acceptors (Lipinski definition) is 4. The fraction of sp³-hybridized carbons (Fsp3) is 0.289. The maximum atomic E-state index is 6.55. The third-order valence-electron chi connectivity index (χ3n) is 9.83. The van der Waals surface area contributed by atoms with Crippen LogP contribution in [0.2, 0.25) is 0 Å². The molecule has 0 unspecified atom stereocenters. The predicted octanol–water partition coefficient (Wildman–Crippen LogP) is 11.7. The van der Waals surface area contributed by atoms with E-state index in [-0.39, 0.29) is 20.4 Å². The Kier molecular flexibility index (Phi) is 10.5. The molecule has 0 atom stereocenters. The molecule has 0 saturated carbocycles. The van der Waals surface area contributed by atoms with Crippen LogP contribution in [0.3, 0.4) is 0 Å². The van der Waals surface area contributed by atoms with Crippen LogP contribution in [-0.2, 0) is 20.4 Å². The molecule has 268 valence electrons. The van der Waals surface area contributed by atoms with Crippen molar-refractivity contribution in [1.82, 2.24) is 19.3 Å². The Morgan fingerprint density at radius 2 is 1.42 bits per heavy atom. The fourth-order valence-electron chi connectivity index (χ4n) is 7.25. The van der Waals surface area contributed by atoms with Crippen molar-refractivity contribution in [1.29, 1.82) is 0 Å². The van der Waals surface area contributed by atoms with Gasteiger partial charge in [-0.1, -0.05) is 84.3 Å². The third kappa shape index (κ3) is 6.69. The number of benzene rings is 4. The van der Waals surface area contributed by atoms with Gasteiger partial charge >= 0.3 is 20.4 Å². The number of pyridine rings is 1. The number of aryl methyl sites for hydroxylation is 2. The summed E-state index contributed by atoms with van der Waals surface area (Å²) in [5, 5.41) is 7.31. The Bertz CT molecular complexity index is 2390. The van der Waals surface area contributed by atoms with Gasteiger partial charge in [0.25, 0.3) is 0 Å². The Hall–Kier alpha value is -4.70. The molecule has 0 N–H and O–H groups in total. The molecule has 0 bridgehead atoms. The van der Waals surface area contributed by atoms with E-state index < -0.39 is 0 Å². The molecule has 0 aliphatic heterocycles. The van der Waals surface area contributed by atoms with Gasteiger partial charge in [0.1, 0.15) is 11.6 Å². The third-order valence-corrected chi connectivity index (χ3v) is 9.83. The zero-order valence-corrected chi connectivity index (χ0v) is 33.2. The van der Waals surface area contributed by atoms with E-state index in [0.717, 1.165) is 56.0 Å². The van der Waals surface area contributed by atoms with Gasteiger partial charge in [-0.2, -0.15) is 16.7 Å². The van der Waals surface area contributed by atoms with E-state index in [9.17, 15) is 0 Å². The van der Waals surface area contributed by atoms with E-state index in [2.05, 4.69) is 126 Å². The van der Waals surface area contributed by atoms with Gasteiger partial charge in [-0.15, -0.1) is 35.7 Å². The Balaban J connectivity index is 0.00000464. The molecule has 0 amide bonds. The Labute approximate surface area is 321 Å². The first-order valence-corrected chi connectivity index (χ1v) is 17.9. The van der Waals surface area contributed by atoms with Crippen LogP contribution in [0.15, 0.2) is 79.0 Å². The van der Waals surface area contributed by atoms with Gasteiger partial charge in [-0.05, 0) is 77.1 Å². The SMILES string of the molecule is COc1ccnc(-n2c3[c-]c(Oc4[c-]c(-n5nc(C)c(-c6c(C(C)C)cc(C(C)C)cc6C(C)C)c5C)cc(C)c4)ccc3c3ccccc32)c1.[Pd+2]. The molecule has 4 aromatic carbocycles. The van der Waals surface area contributed by atoms with Crippen LogP contribution in [0, 0.1) is 32.9 Å². The van der Waals surface area contributed by atoms with Gasteiger partial charge < -0.3 is 14.0 Å². The summed E-state index contributed by atoms with van der Waals surface area (Å²) in [5.41, 5.74) is 12.5. The number of methoxy groups -OCH3 is 1. The first kappa shape index (κ1) is 37.1. The van der Waals surface area contributed by atoms with Crippen LogP contribution in [0.5, 0.6) is 17.2 Å². The molecule has 6 nitrogen and oxygen atoms in total. The number of nitrogens with zero attached hydrogens (tertiary/aromatic N) is 4. The molecular weight excluding hydrogens is 735 g/mol. The summed E-state index contributed by atoms with van der Waals surface area (Å²) in [6, 6.07) is 32.2. The van der Waals surface area contributed by atoms with Crippen molar-refractivity contribution in [3.8, 4) is 39.9 Å². The van der Waals surface area contributed by atoms with Crippen LogP contribution >= 0.6 is 0 Å². The van der Waals surface area contributed by atoms with Crippen LogP contribution in [-0.4, -0.2) is 26.4 Å². The zero-order chi connectivity index (χ0) is 36.1. The second-order valence-electron chi connectivity index (χ2n) is 14.5. The molecule has 0 spiro atoms. The maximum absolute atomic E-state index is 6.55. The standard InChI is InChI=1S/C45H46N4O2.Pd/c1-26(2)32-21-39(27(3)4)45(40(22-32)28(5)6)44-30(8)47-49(31(44)9)33-19-29(7)20-36(23-33)51-35-15-16-38-37-13-11-12-14-41(37)48(42(38)24-35)43-25-34(50-10)17-18-46-43;/h11-22,25-28H,1-10H3;/q-2;+2. The minimum absolute atomic E-state index is 0. The van der Waals surface area contributed by atoms with Crippen molar-refractivity contribution >= 4 is 21.8 Å². The zero-order valence-electron chi connectivity index (χ0n) is 31.7. The molecule has 7 heteroatoms. The first-order chi connectivity index (χ1) is 24.4. The van der Waals surface area contributed by atoms with Gasteiger partial charge in [0.15, 0.2) is 0 Å². The minimum Gasteiger partial charge on any atom is -0.509 e. The van der Waals surface area contributed by atoms with Crippen LogP contribution < -0.4 is 9.47 Å². The summed E-state index contributed by atoms with van der Waals surface area (Å²) >= 11 is 0. The first-order valence-electron chi connectivity index (χ1n) is 17.9. The van der Waals surface area contributed by atoms with Gasteiger partial charge in [0.05, 0.1) is 12.8 Å². The molecule has 0 aliphatic rings. The average Bonchev–Trinajstić information content (AvgIpc) is 3.59. The van der Waals surface area contributed by atoms with Crippen LogP contribution in [0.25, 0.3) is 44.4 Å². The quantitative estimate of drug-likeness (QED) is 0.108. The number of para-hydroxylation sites is 1. The molecule has 3 heterocycles. The molecular formula is C45H46N4O2Pd. The van der Waals surface area contributed by atoms with Crippen molar-refractivity contribution in [3.05, 3.63) is 125 Å². The van der Waals surface area contributed by atoms with Gasteiger partial charge in [-0.3, -0.25) is 4.68 Å². The molecule has 0 fully saturated rings. The van der Waals surface area contributed by atoms with E-state index in [1.807, 2.05) is 35.0 Å². The van der Waals surface area contributed by atoms with Crippen molar-refractivity contribution in [2.75, 3.05) is 7.11 Å². The average molecular weight is 781 g/mol. The van der Waals surface area contributed by atoms with Crippen LogP contribution in [0.4, 0.5) is 0 Å². The molecule has 3 aromatic heterocycles. The maximum Gasteiger partial charge on any atom is 2.00 e. The smallest absolute Gasteiger partial charge is 0.509 e. The topological polar surface area (TPSA) is 54.1 Å². The van der Waals surface area contributed by atoms with E-state index >= 15 is 0 Å². The summed E-state index contributed by atoms with van der Waals surface area (Å²) in [6.07, 6.45) is 1.76. The number of rotatable bonds is 9. The van der Waals surface area contributed by atoms with E-state index in [1.54, 1.807) is 13.3 Å². The number of hydrogen-bond donors (Lipinski definition) is 0. The molecule has 0 radical (unpaired) electrons.